The van der Waals surface area contributed by atoms with Crippen molar-refractivity contribution in [3.8, 4) is 0 Å². The number of nitrogens with zero attached hydrogens (tertiary/aromatic N) is 4. The molecule has 0 radical (unpaired) electrons. The fourth-order valence-corrected chi connectivity index (χ4v) is 4.49. The predicted octanol–water partition coefficient (Wildman–Crippen LogP) is 2.75. The Labute approximate surface area is 182 Å². The van der Waals surface area contributed by atoms with E-state index < -0.39 is 6.17 Å². The molecule has 1 amide bonds. The number of halogens is 1. The number of amides is 1. The Hall–Kier alpha value is -3.03. The lowest BCUT2D eigenvalue weighted by Gasteiger charge is -2.34. The summed E-state index contributed by atoms with van der Waals surface area (Å²) >= 11 is 7.44. The minimum atomic E-state index is -0.410. The zero-order valence-corrected chi connectivity index (χ0v) is 17.7. The van der Waals surface area contributed by atoms with Crippen LogP contribution in [0.5, 0.6) is 0 Å². The summed E-state index contributed by atoms with van der Waals surface area (Å²) in [7, 11) is 1.97. The lowest BCUT2D eigenvalue weighted by molar-refractivity contribution is -0.116. The molecule has 1 N–H and O–H groups in total. The maximum atomic E-state index is 13.1. The van der Waals surface area contributed by atoms with Crippen LogP contribution in [-0.4, -0.2) is 20.7 Å². The van der Waals surface area contributed by atoms with Crippen LogP contribution in [0.15, 0.2) is 77.0 Å². The molecule has 0 bridgehead atoms. The van der Waals surface area contributed by atoms with Gasteiger partial charge in [-0.05, 0) is 35.9 Å². The van der Waals surface area contributed by atoms with Gasteiger partial charge in [0, 0.05) is 29.2 Å². The Morgan fingerprint density at radius 1 is 1.10 bits per heavy atom. The van der Waals surface area contributed by atoms with E-state index in [9.17, 15) is 4.79 Å². The molecule has 6 nitrogen and oxygen atoms in total. The number of nitrogens with one attached hydrogen (secondary N) is 1. The first kappa shape index (κ1) is 19.0. The zero-order chi connectivity index (χ0) is 20.7. The summed E-state index contributed by atoms with van der Waals surface area (Å²) in [5.41, 5.74) is 2.58. The van der Waals surface area contributed by atoms with Gasteiger partial charge in [0.15, 0.2) is 11.3 Å². The molecule has 30 heavy (non-hydrogen) atoms. The molecule has 0 spiro atoms. The Kier molecular flexibility index (Phi) is 4.84. The molecular weight excluding hydrogens is 418 g/mol. The second-order valence-electron chi connectivity index (χ2n) is 7.03. The number of thioether (sulfide) groups is 1. The van der Waals surface area contributed by atoms with Crippen LogP contribution in [0.3, 0.4) is 0 Å². The Bertz CT molecular complexity index is 1280. The third kappa shape index (κ3) is 3.40. The van der Waals surface area contributed by atoms with E-state index in [-0.39, 0.29) is 5.91 Å². The number of carbonyl (C=O) groups excluding carboxylic acids is 1. The highest BCUT2D eigenvalue weighted by Gasteiger charge is 2.35. The van der Waals surface area contributed by atoms with E-state index in [0.717, 1.165) is 21.8 Å². The van der Waals surface area contributed by atoms with Gasteiger partial charge in [0.2, 0.25) is 0 Å². The van der Waals surface area contributed by atoms with Crippen LogP contribution >= 0.6 is 23.4 Å². The molecule has 3 aromatic rings. The molecule has 0 fully saturated rings. The largest absolute Gasteiger partial charge is 0.351 e. The molecule has 2 aliphatic heterocycles. The first-order chi connectivity index (χ1) is 14.6. The van der Waals surface area contributed by atoms with E-state index >= 15 is 0 Å². The minimum Gasteiger partial charge on any atom is -0.351 e. The molecule has 5 rings (SSSR count). The number of amidine groups is 1. The van der Waals surface area contributed by atoms with Gasteiger partial charge in [0.05, 0.1) is 11.1 Å². The van der Waals surface area contributed by atoms with Gasteiger partial charge in [-0.1, -0.05) is 53.7 Å². The fraction of sp³-hybridized carbons (Fsp3) is 0.136. The van der Waals surface area contributed by atoms with Crippen molar-refractivity contribution in [1.82, 2.24) is 14.9 Å². The second-order valence-corrected chi connectivity index (χ2v) is 8.43. The second kappa shape index (κ2) is 7.66. The van der Waals surface area contributed by atoms with Gasteiger partial charge < -0.3 is 4.57 Å². The first-order valence-electron chi connectivity index (χ1n) is 9.45. The summed E-state index contributed by atoms with van der Waals surface area (Å²) in [6.07, 6.45) is 1.56. The van der Waals surface area contributed by atoms with Gasteiger partial charge in [0.1, 0.15) is 5.70 Å². The number of benzene rings is 2. The van der Waals surface area contributed by atoms with Crippen molar-refractivity contribution in [2.24, 2.45) is 17.1 Å². The van der Waals surface area contributed by atoms with Crippen molar-refractivity contribution in [3.05, 3.63) is 93.7 Å². The molecule has 1 atom stereocenters. The molecule has 0 saturated heterocycles. The van der Waals surface area contributed by atoms with E-state index in [2.05, 4.69) is 5.32 Å². The normalized spacial score (nSPS) is 17.6. The summed E-state index contributed by atoms with van der Waals surface area (Å²) in [4.78, 5) is 18.0. The SMILES string of the molecule is Cn1cccc1[C@@H]1N=c2ccccc2=C2C(=O)NC(SCc3ccc(Cl)cc3)=NN21. The van der Waals surface area contributed by atoms with Crippen LogP contribution in [0.25, 0.3) is 5.70 Å². The standard InChI is InChI=1S/C22H18ClN5OS/c1-27-12-4-7-18(27)20-24-17-6-3-2-5-16(17)19-21(29)25-22(26-28(19)20)30-13-14-8-10-15(23)11-9-14/h2-12,20H,13H2,1H3,(H,25,26,29)/t20-/m1/s1. The molecule has 1 aromatic heterocycles. The number of aromatic nitrogens is 1. The summed E-state index contributed by atoms with van der Waals surface area (Å²) in [5, 5.41) is 12.3. The third-order valence-corrected chi connectivity index (χ3v) is 6.24. The average molecular weight is 436 g/mol. The number of aryl methyl sites for hydroxylation is 1. The number of para-hydroxylation sites is 1. The van der Waals surface area contributed by atoms with Gasteiger partial charge >= 0.3 is 0 Å². The molecule has 0 saturated carbocycles. The quantitative estimate of drug-likeness (QED) is 0.688. The number of hydrazone groups is 1. The fourth-order valence-electron chi connectivity index (χ4n) is 3.56. The van der Waals surface area contributed by atoms with E-state index in [1.165, 1.54) is 11.8 Å². The van der Waals surface area contributed by atoms with Crippen LogP contribution < -0.4 is 15.9 Å². The maximum Gasteiger partial charge on any atom is 0.276 e. The van der Waals surface area contributed by atoms with Crippen LogP contribution in [0.4, 0.5) is 0 Å². The minimum absolute atomic E-state index is 0.176. The number of fused-ring (bicyclic) bond motifs is 2. The molecule has 2 aromatic carbocycles. The highest BCUT2D eigenvalue weighted by Crippen LogP contribution is 2.31. The van der Waals surface area contributed by atoms with Crippen molar-refractivity contribution in [2.75, 3.05) is 0 Å². The van der Waals surface area contributed by atoms with E-state index in [1.54, 1.807) is 5.01 Å². The van der Waals surface area contributed by atoms with Crippen molar-refractivity contribution in [2.45, 2.75) is 11.9 Å². The van der Waals surface area contributed by atoms with E-state index in [1.807, 2.05) is 78.5 Å². The van der Waals surface area contributed by atoms with Gasteiger partial charge in [-0.25, -0.2) is 5.01 Å². The van der Waals surface area contributed by atoms with Gasteiger partial charge in [-0.15, -0.1) is 5.10 Å². The van der Waals surface area contributed by atoms with Crippen molar-refractivity contribution >= 4 is 40.1 Å². The number of hydrogen-bond acceptors (Lipinski definition) is 5. The number of rotatable bonds is 3. The summed E-state index contributed by atoms with van der Waals surface area (Å²) in [6.45, 7) is 0. The molecule has 3 heterocycles. The lowest BCUT2D eigenvalue weighted by atomic mass is 10.1. The molecule has 8 heteroatoms. The number of carbonyl (C=O) groups is 1. The molecule has 2 aliphatic rings. The van der Waals surface area contributed by atoms with Gasteiger partial charge in [0.25, 0.3) is 5.91 Å². The van der Waals surface area contributed by atoms with Gasteiger partial charge in [-0.2, -0.15) is 0 Å². The summed E-state index contributed by atoms with van der Waals surface area (Å²) < 4.78 is 2.00. The van der Waals surface area contributed by atoms with Crippen molar-refractivity contribution < 1.29 is 4.79 Å². The zero-order valence-electron chi connectivity index (χ0n) is 16.1. The summed E-state index contributed by atoms with van der Waals surface area (Å²) in [5.74, 6) is 0.493. The molecule has 0 aliphatic carbocycles. The van der Waals surface area contributed by atoms with Crippen molar-refractivity contribution in [1.29, 1.82) is 0 Å². The smallest absolute Gasteiger partial charge is 0.276 e. The molecule has 0 unspecified atom stereocenters. The third-order valence-electron chi connectivity index (χ3n) is 5.05. The topological polar surface area (TPSA) is 62.0 Å². The average Bonchev–Trinajstić information content (AvgIpc) is 3.18. The van der Waals surface area contributed by atoms with Crippen molar-refractivity contribution in [3.63, 3.8) is 0 Å². The van der Waals surface area contributed by atoms with E-state index in [0.29, 0.717) is 21.6 Å². The monoisotopic (exact) mass is 435 g/mol. The highest BCUT2D eigenvalue weighted by molar-refractivity contribution is 8.13. The van der Waals surface area contributed by atoms with Crippen LogP contribution in [0.2, 0.25) is 5.02 Å². The molecular formula is C22H18ClN5OS. The lowest BCUT2D eigenvalue weighted by Crippen LogP contribution is -2.50. The predicted molar refractivity (Wildman–Crippen MR) is 119 cm³/mol. The summed E-state index contributed by atoms with van der Waals surface area (Å²) in [6, 6.07) is 19.3. The maximum absolute atomic E-state index is 13.1. The van der Waals surface area contributed by atoms with Crippen LogP contribution in [-0.2, 0) is 17.6 Å². The molecule has 150 valence electrons. The highest BCUT2D eigenvalue weighted by atomic mass is 35.5. The Morgan fingerprint density at radius 3 is 2.67 bits per heavy atom. The van der Waals surface area contributed by atoms with Crippen LogP contribution in [0.1, 0.15) is 17.4 Å². The van der Waals surface area contributed by atoms with Gasteiger partial charge in [-0.3, -0.25) is 15.1 Å². The Morgan fingerprint density at radius 2 is 1.90 bits per heavy atom. The number of hydrogen-bond donors (Lipinski definition) is 1. The van der Waals surface area contributed by atoms with E-state index in [4.69, 9.17) is 21.7 Å². The first-order valence-corrected chi connectivity index (χ1v) is 10.8. The van der Waals surface area contributed by atoms with Crippen LogP contribution in [0, 0.1) is 0 Å². The Balaban J connectivity index is 1.55.